The Morgan fingerprint density at radius 3 is 2.73 bits per heavy atom. The highest BCUT2D eigenvalue weighted by Crippen LogP contribution is 2.17. The van der Waals surface area contributed by atoms with Crippen molar-refractivity contribution < 1.29 is 14.3 Å². The molecule has 0 aliphatic rings. The fourth-order valence-electron chi connectivity index (χ4n) is 2.46. The van der Waals surface area contributed by atoms with Gasteiger partial charge in [0.05, 0.1) is 30.7 Å². The molecule has 0 fully saturated rings. The zero-order chi connectivity index (χ0) is 21.3. The summed E-state index contributed by atoms with van der Waals surface area (Å²) < 4.78 is 10.2. The van der Waals surface area contributed by atoms with Crippen LogP contribution < -0.4 is 26.8 Å². The Kier molecular flexibility index (Phi) is 6.90. The van der Waals surface area contributed by atoms with Crippen LogP contribution in [0, 0.1) is 0 Å². The van der Waals surface area contributed by atoms with Gasteiger partial charge in [0.2, 0.25) is 5.88 Å². The minimum absolute atomic E-state index is 0.00582. The lowest BCUT2D eigenvalue weighted by Crippen LogP contribution is -2.18. The van der Waals surface area contributed by atoms with Gasteiger partial charge in [-0.3, -0.25) is 9.78 Å². The third-order valence-corrected chi connectivity index (χ3v) is 3.90. The van der Waals surface area contributed by atoms with Crippen LogP contribution in [0.25, 0.3) is 0 Å². The number of anilines is 4. The topological polar surface area (TPSA) is 163 Å². The Morgan fingerprint density at radius 1 is 1.10 bits per heavy atom. The summed E-state index contributed by atoms with van der Waals surface area (Å²) in [6.07, 6.45) is 4.53. The van der Waals surface area contributed by atoms with Crippen LogP contribution in [0.15, 0.2) is 42.9 Å². The van der Waals surface area contributed by atoms with E-state index >= 15 is 0 Å². The monoisotopic (exact) mass is 410 g/mol. The molecule has 0 unspecified atom stereocenters. The molecule has 11 nitrogen and oxygen atoms in total. The summed E-state index contributed by atoms with van der Waals surface area (Å²) in [5, 5.41) is 5.88. The largest absolute Gasteiger partial charge is 0.474 e. The van der Waals surface area contributed by atoms with Gasteiger partial charge < -0.3 is 31.6 Å². The number of methoxy groups -OCH3 is 1. The molecule has 156 valence electrons. The van der Waals surface area contributed by atoms with E-state index in [-0.39, 0.29) is 17.4 Å². The average Bonchev–Trinajstić information content (AvgIpc) is 2.74. The molecule has 3 heterocycles. The van der Waals surface area contributed by atoms with Gasteiger partial charge >= 0.3 is 0 Å². The Labute approximate surface area is 172 Å². The summed E-state index contributed by atoms with van der Waals surface area (Å²) in [6.45, 7) is 1.10. The molecular weight excluding hydrogens is 388 g/mol. The van der Waals surface area contributed by atoms with E-state index in [2.05, 4.69) is 30.6 Å². The number of ether oxygens (including phenoxy) is 2. The number of nitrogens with zero attached hydrogens (tertiary/aromatic N) is 4. The molecule has 0 aliphatic carbocycles. The van der Waals surface area contributed by atoms with Crippen molar-refractivity contribution in [1.82, 2.24) is 19.9 Å². The van der Waals surface area contributed by atoms with E-state index in [9.17, 15) is 4.79 Å². The van der Waals surface area contributed by atoms with Crippen molar-refractivity contribution in [3.8, 4) is 5.88 Å². The maximum Gasteiger partial charge on any atom is 0.278 e. The number of carbonyl (C=O) groups is 1. The van der Waals surface area contributed by atoms with Crippen LogP contribution in [0.2, 0.25) is 0 Å². The van der Waals surface area contributed by atoms with Gasteiger partial charge in [-0.25, -0.2) is 9.97 Å². The fourth-order valence-corrected chi connectivity index (χ4v) is 2.46. The zero-order valence-electron chi connectivity index (χ0n) is 16.3. The molecule has 3 aromatic rings. The second-order valence-electron chi connectivity index (χ2n) is 6.06. The highest BCUT2D eigenvalue weighted by atomic mass is 16.5. The number of carbonyl (C=O) groups excluding carboxylic acids is 1. The molecule has 6 N–H and O–H groups in total. The lowest BCUT2D eigenvalue weighted by Gasteiger charge is -2.10. The molecule has 3 rings (SSSR count). The van der Waals surface area contributed by atoms with Crippen molar-refractivity contribution >= 4 is 28.9 Å². The van der Waals surface area contributed by atoms with Crippen LogP contribution in [-0.4, -0.2) is 46.2 Å². The molecule has 0 atom stereocenters. The second kappa shape index (κ2) is 9.98. The molecule has 0 saturated heterocycles. The van der Waals surface area contributed by atoms with E-state index in [0.717, 1.165) is 0 Å². The summed E-state index contributed by atoms with van der Waals surface area (Å²) in [6, 6.07) is 6.98. The first kappa shape index (κ1) is 20.7. The van der Waals surface area contributed by atoms with Gasteiger partial charge in [0.25, 0.3) is 5.91 Å². The first-order chi connectivity index (χ1) is 14.6. The van der Waals surface area contributed by atoms with E-state index in [1.54, 1.807) is 37.7 Å². The quantitative estimate of drug-likeness (QED) is 0.378. The lowest BCUT2D eigenvalue weighted by molar-refractivity contribution is 0.102. The minimum atomic E-state index is -0.495. The Bertz CT molecular complexity index is 1010. The molecule has 0 saturated carbocycles. The molecule has 0 aliphatic heterocycles. The Balaban J connectivity index is 1.62. The predicted octanol–water partition coefficient (Wildman–Crippen LogP) is 1.32. The fraction of sp³-hybridized carbons (Fsp3) is 0.211. The molecule has 30 heavy (non-hydrogen) atoms. The van der Waals surface area contributed by atoms with Crippen LogP contribution >= 0.6 is 0 Å². The first-order valence-electron chi connectivity index (χ1n) is 9.01. The summed E-state index contributed by atoms with van der Waals surface area (Å²) in [5.41, 5.74) is 13.6. The van der Waals surface area contributed by atoms with Gasteiger partial charge in [-0.05, 0) is 24.3 Å². The third kappa shape index (κ3) is 5.52. The molecule has 11 heteroatoms. The number of nitrogens with one attached hydrogen (secondary N) is 2. The standard InChI is InChI=1S/C19H22N8O3/c1-29-7-8-30-15-11-25-16(18(21)27-15)19(28)26-12-4-6-22-13(9-12)10-24-14-3-2-5-23-17(14)20/h2-6,9,11,24H,7-8,10H2,1H3,(H2,20,23)(H2,21,27)(H,22,26,28). The van der Waals surface area contributed by atoms with E-state index in [1.165, 1.54) is 6.20 Å². The summed E-state index contributed by atoms with van der Waals surface area (Å²) in [5.74, 6) is 0.0779. The number of amides is 1. The van der Waals surface area contributed by atoms with E-state index in [4.69, 9.17) is 20.9 Å². The minimum Gasteiger partial charge on any atom is -0.474 e. The molecule has 0 spiro atoms. The Hall–Kier alpha value is -3.99. The molecule has 0 radical (unpaired) electrons. The van der Waals surface area contributed by atoms with Gasteiger partial charge in [0, 0.05) is 25.2 Å². The maximum absolute atomic E-state index is 12.5. The van der Waals surface area contributed by atoms with Gasteiger partial charge in [-0.2, -0.15) is 4.98 Å². The van der Waals surface area contributed by atoms with E-state index < -0.39 is 5.91 Å². The third-order valence-electron chi connectivity index (χ3n) is 3.90. The van der Waals surface area contributed by atoms with Crippen LogP contribution in [0.1, 0.15) is 16.2 Å². The predicted molar refractivity (Wildman–Crippen MR) is 112 cm³/mol. The van der Waals surface area contributed by atoms with Gasteiger partial charge in [-0.15, -0.1) is 0 Å². The lowest BCUT2D eigenvalue weighted by atomic mass is 10.3. The van der Waals surface area contributed by atoms with Crippen LogP contribution in [0.5, 0.6) is 5.88 Å². The van der Waals surface area contributed by atoms with Crippen LogP contribution in [-0.2, 0) is 11.3 Å². The molecule has 1 amide bonds. The number of pyridine rings is 2. The summed E-state index contributed by atoms with van der Waals surface area (Å²) >= 11 is 0. The molecule has 0 aromatic carbocycles. The summed E-state index contributed by atoms with van der Waals surface area (Å²) in [7, 11) is 1.56. The van der Waals surface area contributed by atoms with Crippen LogP contribution in [0.4, 0.5) is 23.0 Å². The molecular formula is C19H22N8O3. The van der Waals surface area contributed by atoms with Crippen molar-refractivity contribution in [2.24, 2.45) is 0 Å². The number of rotatable bonds is 9. The van der Waals surface area contributed by atoms with E-state index in [0.29, 0.717) is 42.6 Å². The summed E-state index contributed by atoms with van der Waals surface area (Å²) in [4.78, 5) is 28.9. The highest BCUT2D eigenvalue weighted by Gasteiger charge is 2.15. The smallest absolute Gasteiger partial charge is 0.278 e. The SMILES string of the molecule is COCCOc1cnc(C(=O)Nc2ccnc(CNc3cccnc3N)c2)c(N)n1. The Morgan fingerprint density at radius 2 is 1.97 bits per heavy atom. The van der Waals surface area contributed by atoms with E-state index in [1.807, 2.05) is 6.07 Å². The maximum atomic E-state index is 12.5. The molecule has 3 aromatic heterocycles. The van der Waals surface area contributed by atoms with Crippen LogP contribution in [0.3, 0.4) is 0 Å². The van der Waals surface area contributed by atoms with Gasteiger partial charge in [0.15, 0.2) is 11.5 Å². The van der Waals surface area contributed by atoms with Gasteiger partial charge in [0.1, 0.15) is 12.4 Å². The van der Waals surface area contributed by atoms with Crippen molar-refractivity contribution in [2.75, 3.05) is 42.4 Å². The average molecular weight is 410 g/mol. The van der Waals surface area contributed by atoms with Crippen molar-refractivity contribution in [3.05, 3.63) is 54.2 Å². The highest BCUT2D eigenvalue weighted by molar-refractivity contribution is 6.05. The second-order valence-corrected chi connectivity index (χ2v) is 6.06. The number of nitrogen functional groups attached to an aromatic ring is 2. The molecule has 0 bridgehead atoms. The van der Waals surface area contributed by atoms with Gasteiger partial charge in [-0.1, -0.05) is 0 Å². The van der Waals surface area contributed by atoms with Crippen molar-refractivity contribution in [1.29, 1.82) is 0 Å². The zero-order valence-corrected chi connectivity index (χ0v) is 16.3. The number of nitrogens with two attached hydrogens (primary N) is 2. The number of aromatic nitrogens is 4. The number of hydrogen-bond donors (Lipinski definition) is 4. The normalized spacial score (nSPS) is 10.4. The van der Waals surface area contributed by atoms with Crippen molar-refractivity contribution in [3.63, 3.8) is 0 Å². The number of hydrogen-bond acceptors (Lipinski definition) is 10. The van der Waals surface area contributed by atoms with Crippen molar-refractivity contribution in [2.45, 2.75) is 6.54 Å². The first-order valence-corrected chi connectivity index (χ1v) is 9.01.